The van der Waals surface area contributed by atoms with Crippen LogP contribution in [0, 0.1) is 10.1 Å². The van der Waals surface area contributed by atoms with Crippen LogP contribution in [0.2, 0.25) is 0 Å². The fraction of sp³-hybridized carbons (Fsp3) is 0.263. The van der Waals surface area contributed by atoms with E-state index >= 15 is 0 Å². The van der Waals surface area contributed by atoms with Crippen LogP contribution < -0.4 is 5.32 Å². The number of carbonyl (C=O) groups excluding carboxylic acids is 2. The van der Waals surface area contributed by atoms with E-state index < -0.39 is 11.0 Å². The maximum absolute atomic E-state index is 12.4. The molecule has 0 aromatic heterocycles. The monoisotopic (exact) mass is 355 g/mol. The highest BCUT2D eigenvalue weighted by molar-refractivity contribution is 5.87. The number of nitro groups is 1. The molecule has 1 N–H and O–H groups in total. The van der Waals surface area contributed by atoms with E-state index in [-0.39, 0.29) is 23.9 Å². The topological polar surface area (TPSA) is 92.5 Å². The van der Waals surface area contributed by atoms with Crippen molar-refractivity contribution in [3.63, 3.8) is 0 Å². The third kappa shape index (κ3) is 4.89. The maximum Gasteiger partial charge on any atom is 0.269 e. The Kier molecular flexibility index (Phi) is 6.43. The van der Waals surface area contributed by atoms with Crippen LogP contribution in [0.3, 0.4) is 0 Å². The van der Waals surface area contributed by atoms with Crippen molar-refractivity contribution in [3.8, 4) is 0 Å². The molecule has 0 aliphatic carbocycles. The molecule has 0 heterocycles. The van der Waals surface area contributed by atoms with Crippen molar-refractivity contribution in [1.82, 2.24) is 10.2 Å². The van der Waals surface area contributed by atoms with Crippen LogP contribution in [-0.4, -0.2) is 34.7 Å². The van der Waals surface area contributed by atoms with Gasteiger partial charge in [0, 0.05) is 39.1 Å². The Morgan fingerprint density at radius 1 is 1.08 bits per heavy atom. The highest BCUT2D eigenvalue weighted by Crippen LogP contribution is 2.17. The lowest BCUT2D eigenvalue weighted by Crippen LogP contribution is -2.49. The second kappa shape index (κ2) is 8.75. The predicted molar refractivity (Wildman–Crippen MR) is 97.3 cm³/mol. The molecule has 136 valence electrons. The second-order valence-corrected chi connectivity index (χ2v) is 5.89. The minimum atomic E-state index is -0.709. The minimum Gasteiger partial charge on any atom is -0.357 e. The number of carbonyl (C=O) groups is 2. The number of amides is 2. The molecule has 0 fully saturated rings. The molecule has 1 atom stereocenters. The molecule has 7 nitrogen and oxygen atoms in total. The van der Waals surface area contributed by atoms with Gasteiger partial charge in [0.05, 0.1) is 4.92 Å². The maximum atomic E-state index is 12.4. The summed E-state index contributed by atoms with van der Waals surface area (Å²) in [5.41, 5.74) is 1.64. The van der Waals surface area contributed by atoms with Crippen molar-refractivity contribution < 1.29 is 14.5 Å². The first kappa shape index (κ1) is 19.1. The van der Waals surface area contributed by atoms with Gasteiger partial charge in [-0.1, -0.05) is 42.5 Å². The Labute approximate surface area is 151 Å². The number of benzene rings is 2. The number of hydrogen-bond donors (Lipinski definition) is 1. The summed E-state index contributed by atoms with van der Waals surface area (Å²) < 4.78 is 0. The number of nitrogens with zero attached hydrogens (tertiary/aromatic N) is 2. The average Bonchev–Trinajstić information content (AvgIpc) is 2.65. The molecule has 0 unspecified atom stereocenters. The highest BCUT2D eigenvalue weighted by Gasteiger charge is 2.27. The molecule has 0 bridgehead atoms. The summed E-state index contributed by atoms with van der Waals surface area (Å²) >= 11 is 0. The summed E-state index contributed by atoms with van der Waals surface area (Å²) in [7, 11) is 1.52. The minimum absolute atomic E-state index is 0.0158. The van der Waals surface area contributed by atoms with E-state index in [4.69, 9.17) is 0 Å². The summed E-state index contributed by atoms with van der Waals surface area (Å²) in [5.74, 6) is -0.501. The Bertz CT molecular complexity index is 775. The molecule has 0 saturated heterocycles. The average molecular weight is 355 g/mol. The van der Waals surface area contributed by atoms with Gasteiger partial charge in [-0.2, -0.15) is 0 Å². The van der Waals surface area contributed by atoms with Crippen molar-refractivity contribution in [2.45, 2.75) is 25.9 Å². The van der Waals surface area contributed by atoms with E-state index in [0.29, 0.717) is 6.54 Å². The Morgan fingerprint density at radius 3 is 2.19 bits per heavy atom. The quantitative estimate of drug-likeness (QED) is 0.609. The first-order chi connectivity index (χ1) is 12.4. The zero-order valence-corrected chi connectivity index (χ0v) is 14.7. The van der Waals surface area contributed by atoms with Crippen LogP contribution in [0.4, 0.5) is 5.69 Å². The third-order valence-electron chi connectivity index (χ3n) is 4.10. The molecule has 26 heavy (non-hydrogen) atoms. The summed E-state index contributed by atoms with van der Waals surface area (Å²) in [5, 5.41) is 13.4. The molecule has 0 aliphatic rings. The molecule has 2 rings (SSSR count). The number of likely N-dealkylation sites (N-methyl/N-ethyl adjacent to an activating group) is 1. The van der Waals surface area contributed by atoms with E-state index in [1.165, 1.54) is 31.0 Å². The van der Waals surface area contributed by atoms with Gasteiger partial charge in [-0.3, -0.25) is 19.7 Å². The fourth-order valence-electron chi connectivity index (χ4n) is 2.71. The molecular formula is C19H21N3O4. The van der Waals surface area contributed by atoms with Crippen molar-refractivity contribution in [2.75, 3.05) is 7.05 Å². The molecule has 0 saturated carbocycles. The van der Waals surface area contributed by atoms with Crippen molar-refractivity contribution >= 4 is 17.5 Å². The van der Waals surface area contributed by atoms with Crippen LogP contribution >= 0.6 is 0 Å². The molecule has 2 aromatic rings. The number of nitrogens with one attached hydrogen (secondary N) is 1. The standard InChI is InChI=1S/C19H21N3O4/c1-14(23)21(13-16-6-4-3-5-7-16)18(19(24)20-2)12-15-8-10-17(11-9-15)22(25)26/h3-11,18H,12-13H2,1-2H3,(H,20,24)/t18-/m0/s1. The van der Waals surface area contributed by atoms with Crippen molar-refractivity contribution in [2.24, 2.45) is 0 Å². The van der Waals surface area contributed by atoms with Gasteiger partial charge >= 0.3 is 0 Å². The number of hydrogen-bond acceptors (Lipinski definition) is 4. The van der Waals surface area contributed by atoms with Crippen LogP contribution in [0.15, 0.2) is 54.6 Å². The largest absolute Gasteiger partial charge is 0.357 e. The van der Waals surface area contributed by atoms with Crippen LogP contribution in [0.25, 0.3) is 0 Å². The lowest BCUT2D eigenvalue weighted by atomic mass is 10.0. The summed E-state index contributed by atoms with van der Waals surface area (Å²) in [6, 6.07) is 14.7. The fourth-order valence-corrected chi connectivity index (χ4v) is 2.71. The van der Waals surface area contributed by atoms with Gasteiger partial charge in [-0.05, 0) is 11.1 Å². The van der Waals surface area contributed by atoms with Gasteiger partial charge in [0.15, 0.2) is 0 Å². The molecule has 2 amide bonds. The molecule has 7 heteroatoms. The van der Waals surface area contributed by atoms with Gasteiger partial charge in [0.1, 0.15) is 6.04 Å². The van der Waals surface area contributed by atoms with Crippen molar-refractivity contribution in [3.05, 3.63) is 75.8 Å². The number of non-ortho nitro benzene ring substituents is 1. The number of rotatable bonds is 7. The van der Waals surface area contributed by atoms with E-state index in [1.807, 2.05) is 30.3 Å². The molecule has 2 aromatic carbocycles. The van der Waals surface area contributed by atoms with Gasteiger partial charge in [0.2, 0.25) is 11.8 Å². The first-order valence-corrected chi connectivity index (χ1v) is 8.18. The SMILES string of the molecule is CNC(=O)[C@H](Cc1ccc([N+](=O)[O-])cc1)N(Cc1ccccc1)C(C)=O. The molecular weight excluding hydrogens is 334 g/mol. The first-order valence-electron chi connectivity index (χ1n) is 8.18. The van der Waals surface area contributed by atoms with E-state index in [0.717, 1.165) is 11.1 Å². The van der Waals surface area contributed by atoms with Gasteiger partial charge in [0.25, 0.3) is 5.69 Å². The van der Waals surface area contributed by atoms with Crippen LogP contribution in [0.5, 0.6) is 0 Å². The zero-order chi connectivity index (χ0) is 19.1. The number of nitro benzene ring substituents is 1. The van der Waals surface area contributed by atoms with E-state index in [1.54, 1.807) is 12.1 Å². The molecule has 0 radical (unpaired) electrons. The van der Waals surface area contributed by atoms with Crippen LogP contribution in [0.1, 0.15) is 18.1 Å². The lowest BCUT2D eigenvalue weighted by Gasteiger charge is -2.30. The second-order valence-electron chi connectivity index (χ2n) is 5.89. The predicted octanol–water partition coefficient (Wildman–Crippen LogP) is 2.30. The molecule has 0 spiro atoms. The van der Waals surface area contributed by atoms with E-state index in [9.17, 15) is 19.7 Å². The Balaban J connectivity index is 2.27. The summed E-state index contributed by atoms with van der Waals surface area (Å²) in [6.07, 6.45) is 0.268. The smallest absolute Gasteiger partial charge is 0.269 e. The summed E-state index contributed by atoms with van der Waals surface area (Å²) in [6.45, 7) is 1.73. The Hall–Kier alpha value is -3.22. The third-order valence-corrected chi connectivity index (χ3v) is 4.10. The normalized spacial score (nSPS) is 11.5. The van der Waals surface area contributed by atoms with Gasteiger partial charge in [-0.15, -0.1) is 0 Å². The Morgan fingerprint density at radius 2 is 1.69 bits per heavy atom. The lowest BCUT2D eigenvalue weighted by molar-refractivity contribution is -0.384. The van der Waals surface area contributed by atoms with E-state index in [2.05, 4.69) is 5.32 Å². The van der Waals surface area contributed by atoms with Gasteiger partial charge in [-0.25, -0.2) is 0 Å². The molecule has 0 aliphatic heterocycles. The summed E-state index contributed by atoms with van der Waals surface area (Å²) in [4.78, 5) is 36.4. The van der Waals surface area contributed by atoms with Crippen molar-refractivity contribution in [1.29, 1.82) is 0 Å². The van der Waals surface area contributed by atoms with Gasteiger partial charge < -0.3 is 10.2 Å². The zero-order valence-electron chi connectivity index (χ0n) is 14.7. The highest BCUT2D eigenvalue weighted by atomic mass is 16.6. The van der Waals surface area contributed by atoms with Crippen LogP contribution in [-0.2, 0) is 22.6 Å².